The number of sulfonamides is 2. The first kappa shape index (κ1) is 31.0. The van der Waals surface area contributed by atoms with Crippen molar-refractivity contribution in [3.05, 3.63) is 95.1 Å². The third-order valence-corrected chi connectivity index (χ3v) is 10.7. The standard InChI is InChI=1S/C29H31N3O8S2/c1-22-7-11-24(12-8-22)41(36,37)30(17-18-32-28(34)26-5-3-4-6-27(26)29(32)35)15-16-31(19-20-40-21-33)42(38,39)25-13-9-23(2)10-14-25/h3-14,21H,15-20H2,1-2H3. The largest absolute Gasteiger partial charge is 0.466 e. The van der Waals surface area contributed by atoms with Crippen molar-refractivity contribution in [2.45, 2.75) is 23.6 Å². The van der Waals surface area contributed by atoms with Crippen LogP contribution >= 0.6 is 0 Å². The molecule has 0 atom stereocenters. The van der Waals surface area contributed by atoms with Crippen LogP contribution in [0.5, 0.6) is 0 Å². The molecular weight excluding hydrogens is 582 g/mol. The summed E-state index contributed by atoms with van der Waals surface area (Å²) in [7, 11) is -8.27. The number of amides is 2. The van der Waals surface area contributed by atoms with Gasteiger partial charge in [0.2, 0.25) is 20.0 Å². The van der Waals surface area contributed by atoms with Crippen LogP contribution in [0.25, 0.3) is 0 Å². The number of nitrogens with zero attached hydrogens (tertiary/aromatic N) is 3. The Morgan fingerprint density at radius 2 is 1.10 bits per heavy atom. The van der Waals surface area contributed by atoms with Gasteiger partial charge in [-0.15, -0.1) is 0 Å². The third-order valence-electron chi connectivity index (χ3n) is 6.89. The molecule has 0 bridgehead atoms. The van der Waals surface area contributed by atoms with E-state index in [4.69, 9.17) is 4.74 Å². The summed E-state index contributed by atoms with van der Waals surface area (Å²) in [4.78, 5) is 37.5. The van der Waals surface area contributed by atoms with Crippen LogP contribution in [-0.4, -0.2) is 88.0 Å². The number of imide groups is 1. The van der Waals surface area contributed by atoms with E-state index in [0.29, 0.717) is 0 Å². The maximum atomic E-state index is 13.8. The van der Waals surface area contributed by atoms with Gasteiger partial charge in [0.15, 0.2) is 0 Å². The summed E-state index contributed by atoms with van der Waals surface area (Å²) in [6.07, 6.45) is 0. The van der Waals surface area contributed by atoms with Gasteiger partial charge in [-0.2, -0.15) is 8.61 Å². The van der Waals surface area contributed by atoms with E-state index < -0.39 is 31.9 Å². The van der Waals surface area contributed by atoms with E-state index in [1.54, 1.807) is 36.4 Å². The normalized spacial score (nSPS) is 13.6. The van der Waals surface area contributed by atoms with E-state index in [0.717, 1.165) is 24.6 Å². The predicted octanol–water partition coefficient (Wildman–Crippen LogP) is 2.45. The lowest BCUT2D eigenvalue weighted by Gasteiger charge is -2.28. The van der Waals surface area contributed by atoms with Crippen molar-refractivity contribution in [2.24, 2.45) is 0 Å². The van der Waals surface area contributed by atoms with Gasteiger partial charge in [0.1, 0.15) is 6.61 Å². The van der Waals surface area contributed by atoms with Crippen molar-refractivity contribution < 1.29 is 36.0 Å². The zero-order valence-corrected chi connectivity index (χ0v) is 24.8. The Hall–Kier alpha value is -3.91. The van der Waals surface area contributed by atoms with Gasteiger partial charge in [-0.1, -0.05) is 47.5 Å². The molecule has 0 N–H and O–H groups in total. The number of hydrogen-bond acceptors (Lipinski definition) is 8. The molecule has 0 fully saturated rings. The molecule has 0 aromatic heterocycles. The minimum absolute atomic E-state index is 0.00170. The third kappa shape index (κ3) is 6.59. The molecule has 42 heavy (non-hydrogen) atoms. The summed E-state index contributed by atoms with van der Waals surface area (Å²) in [5.41, 5.74) is 2.17. The van der Waals surface area contributed by atoms with Crippen LogP contribution in [0.4, 0.5) is 0 Å². The highest BCUT2D eigenvalue weighted by atomic mass is 32.2. The van der Waals surface area contributed by atoms with Crippen LogP contribution in [0.3, 0.4) is 0 Å². The van der Waals surface area contributed by atoms with Crippen LogP contribution in [0.1, 0.15) is 31.8 Å². The van der Waals surface area contributed by atoms with Gasteiger partial charge < -0.3 is 4.74 Å². The van der Waals surface area contributed by atoms with E-state index in [2.05, 4.69) is 0 Å². The molecule has 0 aliphatic carbocycles. The van der Waals surface area contributed by atoms with Gasteiger partial charge in [0, 0.05) is 32.7 Å². The van der Waals surface area contributed by atoms with Gasteiger partial charge in [-0.3, -0.25) is 19.3 Å². The Morgan fingerprint density at radius 3 is 1.52 bits per heavy atom. The first-order valence-electron chi connectivity index (χ1n) is 13.1. The molecule has 1 aliphatic rings. The molecule has 0 saturated carbocycles. The Labute approximate surface area is 245 Å². The van der Waals surface area contributed by atoms with Crippen LogP contribution in [0.15, 0.2) is 82.6 Å². The lowest BCUT2D eigenvalue weighted by atomic mass is 10.1. The number of hydrogen-bond donors (Lipinski definition) is 0. The summed E-state index contributed by atoms with van der Waals surface area (Å²) in [6, 6.07) is 18.7. The van der Waals surface area contributed by atoms with E-state index >= 15 is 0 Å². The van der Waals surface area contributed by atoms with Gasteiger partial charge >= 0.3 is 0 Å². The van der Waals surface area contributed by atoms with Crippen molar-refractivity contribution in [2.75, 3.05) is 39.3 Å². The summed E-state index contributed by atoms with van der Waals surface area (Å²) in [6.45, 7) is 2.27. The maximum absolute atomic E-state index is 13.8. The number of carbonyl (C=O) groups excluding carboxylic acids is 3. The summed E-state index contributed by atoms with van der Waals surface area (Å²) in [5.74, 6) is -1.06. The van der Waals surface area contributed by atoms with Gasteiger partial charge in [-0.05, 0) is 50.2 Å². The number of ether oxygens (including phenoxy) is 1. The van der Waals surface area contributed by atoms with Gasteiger partial charge in [0.05, 0.1) is 20.9 Å². The fourth-order valence-electron chi connectivity index (χ4n) is 4.50. The molecule has 1 heterocycles. The first-order valence-corrected chi connectivity index (χ1v) is 16.0. The fraction of sp³-hybridized carbons (Fsp3) is 0.276. The van der Waals surface area contributed by atoms with E-state index in [1.807, 2.05) is 13.8 Å². The van der Waals surface area contributed by atoms with Crippen molar-refractivity contribution in [1.29, 1.82) is 0 Å². The highest BCUT2D eigenvalue weighted by Crippen LogP contribution is 2.24. The van der Waals surface area contributed by atoms with Crippen LogP contribution in [0.2, 0.25) is 0 Å². The van der Waals surface area contributed by atoms with Crippen molar-refractivity contribution in [3.63, 3.8) is 0 Å². The average molecular weight is 614 g/mol. The Morgan fingerprint density at radius 1 is 0.667 bits per heavy atom. The summed E-state index contributed by atoms with van der Waals surface area (Å²) < 4.78 is 61.4. The predicted molar refractivity (Wildman–Crippen MR) is 154 cm³/mol. The van der Waals surface area contributed by atoms with Crippen molar-refractivity contribution in [3.8, 4) is 0 Å². The summed E-state index contributed by atoms with van der Waals surface area (Å²) in [5, 5.41) is 0. The Balaban J connectivity index is 1.61. The Kier molecular flexibility index (Phi) is 9.57. The molecular formula is C29H31N3O8S2. The van der Waals surface area contributed by atoms with E-state index in [1.165, 1.54) is 36.4 Å². The second kappa shape index (κ2) is 12.9. The smallest absolute Gasteiger partial charge is 0.293 e. The quantitative estimate of drug-likeness (QED) is 0.154. The molecule has 13 heteroatoms. The van der Waals surface area contributed by atoms with Crippen LogP contribution in [-0.2, 0) is 29.6 Å². The van der Waals surface area contributed by atoms with Crippen molar-refractivity contribution in [1.82, 2.24) is 13.5 Å². The van der Waals surface area contributed by atoms with Gasteiger partial charge in [0.25, 0.3) is 18.3 Å². The Bertz CT molecular complexity index is 1640. The van der Waals surface area contributed by atoms with Gasteiger partial charge in [-0.25, -0.2) is 16.8 Å². The zero-order valence-electron chi connectivity index (χ0n) is 23.2. The summed E-state index contributed by atoms with van der Waals surface area (Å²) >= 11 is 0. The van der Waals surface area contributed by atoms with Crippen molar-refractivity contribution >= 4 is 38.3 Å². The molecule has 222 valence electrons. The SMILES string of the molecule is Cc1ccc(S(=O)(=O)N(CCOC=O)CCN(CCN2C(=O)c3ccccc3C2=O)S(=O)(=O)c2ccc(C)cc2)cc1. The lowest BCUT2D eigenvalue weighted by Crippen LogP contribution is -2.45. The topological polar surface area (TPSA) is 138 Å². The molecule has 0 radical (unpaired) electrons. The minimum Gasteiger partial charge on any atom is -0.466 e. The lowest BCUT2D eigenvalue weighted by molar-refractivity contribution is -0.128. The maximum Gasteiger partial charge on any atom is 0.293 e. The highest BCUT2D eigenvalue weighted by Gasteiger charge is 2.36. The number of rotatable bonds is 14. The number of fused-ring (bicyclic) bond motifs is 1. The van der Waals surface area contributed by atoms with E-state index in [9.17, 15) is 31.2 Å². The van der Waals surface area contributed by atoms with Crippen LogP contribution in [0, 0.1) is 13.8 Å². The molecule has 3 aromatic carbocycles. The molecule has 0 saturated heterocycles. The van der Waals surface area contributed by atoms with Crippen LogP contribution < -0.4 is 0 Å². The minimum atomic E-state index is -4.17. The number of carbonyl (C=O) groups is 3. The number of benzene rings is 3. The zero-order chi connectivity index (χ0) is 30.5. The monoisotopic (exact) mass is 613 g/mol. The number of aryl methyl sites for hydroxylation is 2. The fourth-order valence-corrected chi connectivity index (χ4v) is 7.34. The second-order valence-corrected chi connectivity index (χ2v) is 13.6. The first-order chi connectivity index (χ1) is 20.0. The molecule has 0 spiro atoms. The molecule has 0 unspecified atom stereocenters. The molecule has 4 rings (SSSR count). The van der Waals surface area contributed by atoms with E-state index in [-0.39, 0.29) is 66.7 Å². The second-order valence-electron chi connectivity index (χ2n) is 9.71. The average Bonchev–Trinajstić information content (AvgIpc) is 3.21. The molecule has 3 aromatic rings. The molecule has 2 amide bonds. The molecule has 11 nitrogen and oxygen atoms in total. The molecule has 1 aliphatic heterocycles. The highest BCUT2D eigenvalue weighted by molar-refractivity contribution is 7.89.